The van der Waals surface area contributed by atoms with Gasteiger partial charge in [0, 0.05) is 11.6 Å². The Balaban J connectivity index is 1.39. The zero-order valence-corrected chi connectivity index (χ0v) is 26.5. The molecule has 2 aliphatic carbocycles. The molecule has 234 valence electrons. The van der Waals surface area contributed by atoms with Gasteiger partial charge in [0.2, 0.25) is 19.2 Å². The van der Waals surface area contributed by atoms with E-state index in [9.17, 15) is 23.8 Å². The number of likely N-dealkylation sites (tertiary alicyclic amines) is 1. The second-order valence-electron chi connectivity index (χ2n) is 12.2. The molecule has 3 fully saturated rings. The molecule has 4 rings (SSSR count). The van der Waals surface area contributed by atoms with Crippen molar-refractivity contribution in [2.24, 2.45) is 0 Å². The lowest BCUT2D eigenvalue weighted by molar-refractivity contribution is -0.140. The van der Waals surface area contributed by atoms with Crippen molar-refractivity contribution in [3.63, 3.8) is 0 Å². The molecule has 11 heteroatoms. The molecule has 1 aromatic rings. The normalized spacial score (nSPS) is 21.9. The minimum absolute atomic E-state index is 0.116. The summed E-state index contributed by atoms with van der Waals surface area (Å²) >= 11 is 6.24. The van der Waals surface area contributed by atoms with Gasteiger partial charge in [0.25, 0.3) is 0 Å². The summed E-state index contributed by atoms with van der Waals surface area (Å²) in [7, 11) is -3.84. The van der Waals surface area contributed by atoms with Crippen molar-refractivity contribution in [2.75, 3.05) is 6.54 Å². The Kier molecular flexibility index (Phi) is 11.8. The van der Waals surface area contributed by atoms with Crippen LogP contribution in [0.2, 0.25) is 5.02 Å². The topological polar surface area (TPSA) is 125 Å². The van der Waals surface area contributed by atoms with E-state index in [4.69, 9.17) is 16.3 Å². The third kappa shape index (κ3) is 8.51. The van der Waals surface area contributed by atoms with E-state index < -0.39 is 36.7 Å². The third-order valence-corrected chi connectivity index (χ3v) is 12.0. The summed E-state index contributed by atoms with van der Waals surface area (Å²) in [5, 5.41) is 4.90. The number of hydrogen-bond acceptors (Lipinski definition) is 5. The molecule has 42 heavy (non-hydrogen) atoms. The van der Waals surface area contributed by atoms with E-state index in [1.807, 2.05) is 0 Å². The number of carbonyl (C=O) groups is 3. The fourth-order valence-corrected chi connectivity index (χ4v) is 8.66. The minimum Gasteiger partial charge on any atom is -0.446 e. The van der Waals surface area contributed by atoms with Crippen molar-refractivity contribution in [2.45, 2.75) is 133 Å². The van der Waals surface area contributed by atoms with Gasteiger partial charge in [-0.25, -0.2) is 4.79 Å². The molecule has 1 saturated heterocycles. The molecule has 0 radical (unpaired) electrons. The van der Waals surface area contributed by atoms with Crippen LogP contribution in [0.1, 0.15) is 109 Å². The molecule has 1 heterocycles. The minimum atomic E-state index is -3.84. The Morgan fingerprint density at radius 3 is 2.45 bits per heavy atom. The number of rotatable bonds is 15. The van der Waals surface area contributed by atoms with E-state index in [0.717, 1.165) is 57.8 Å². The van der Waals surface area contributed by atoms with Crippen molar-refractivity contribution in [1.29, 1.82) is 0 Å². The highest BCUT2D eigenvalue weighted by molar-refractivity contribution is 7.59. The molecule has 0 spiro atoms. The number of carbonyl (C=O) groups excluding carboxylic acids is 3. The molecule has 0 bridgehead atoms. The van der Waals surface area contributed by atoms with Crippen LogP contribution in [0.3, 0.4) is 0 Å². The fraction of sp³-hybridized carbons (Fsp3) is 0.710. The number of amides is 3. The number of alkyl carbamates (subject to hydrolysis) is 1. The van der Waals surface area contributed by atoms with Crippen LogP contribution < -0.4 is 10.6 Å². The zero-order chi connectivity index (χ0) is 30.2. The van der Waals surface area contributed by atoms with Crippen LogP contribution in [0.15, 0.2) is 24.3 Å². The predicted octanol–water partition coefficient (Wildman–Crippen LogP) is 6.50. The average Bonchev–Trinajstić information content (AvgIpc) is 3.33. The lowest BCUT2D eigenvalue weighted by Gasteiger charge is -2.31. The summed E-state index contributed by atoms with van der Waals surface area (Å²) in [6.45, 7) is 2.56. The van der Waals surface area contributed by atoms with Gasteiger partial charge in [-0.2, -0.15) is 0 Å². The van der Waals surface area contributed by atoms with E-state index >= 15 is 0 Å². The van der Waals surface area contributed by atoms with Gasteiger partial charge in [0.15, 0.2) is 0 Å². The number of benzene rings is 1. The third-order valence-electron chi connectivity index (χ3n) is 8.94. The van der Waals surface area contributed by atoms with Crippen LogP contribution in [-0.4, -0.2) is 57.7 Å². The first kappa shape index (κ1) is 32.8. The first-order valence-corrected chi connectivity index (χ1v) is 18.0. The van der Waals surface area contributed by atoms with E-state index in [-0.39, 0.29) is 18.2 Å². The molecule has 3 amide bonds. The van der Waals surface area contributed by atoms with Crippen LogP contribution in [0.4, 0.5) is 4.79 Å². The Bertz CT molecular complexity index is 1140. The van der Waals surface area contributed by atoms with Gasteiger partial charge in [-0.05, 0) is 69.4 Å². The number of ether oxygens (including phenoxy) is 1. The SMILES string of the molecule is CCCCCCCC[C@H](NC(=O)OC1CCCC1)C(=O)N1CCC[C@H]1C(=O)NC1(P(=O)(O)Cc2ccccc2Cl)CC1. The maximum Gasteiger partial charge on any atom is 0.408 e. The van der Waals surface area contributed by atoms with Crippen LogP contribution >= 0.6 is 19.0 Å². The maximum atomic E-state index is 13.8. The molecule has 1 aliphatic heterocycles. The van der Waals surface area contributed by atoms with Crippen LogP contribution in [0, 0.1) is 0 Å². The van der Waals surface area contributed by atoms with Gasteiger partial charge in [-0.15, -0.1) is 0 Å². The molecule has 0 aromatic heterocycles. The molecule has 2 saturated carbocycles. The van der Waals surface area contributed by atoms with Gasteiger partial charge < -0.3 is 25.2 Å². The van der Waals surface area contributed by atoms with E-state index in [0.29, 0.717) is 49.2 Å². The summed E-state index contributed by atoms with van der Waals surface area (Å²) < 4.78 is 19.1. The van der Waals surface area contributed by atoms with Gasteiger partial charge >= 0.3 is 6.09 Å². The molecule has 3 N–H and O–H groups in total. The van der Waals surface area contributed by atoms with Gasteiger partial charge in [-0.1, -0.05) is 75.2 Å². The summed E-state index contributed by atoms with van der Waals surface area (Å²) in [4.78, 5) is 52.7. The number of hydrogen-bond donors (Lipinski definition) is 3. The summed E-state index contributed by atoms with van der Waals surface area (Å²) in [5.74, 6) is -0.712. The first-order chi connectivity index (χ1) is 20.2. The van der Waals surface area contributed by atoms with Gasteiger partial charge in [0.1, 0.15) is 23.5 Å². The Labute approximate surface area is 254 Å². The number of nitrogens with zero attached hydrogens (tertiary/aromatic N) is 1. The highest BCUT2D eigenvalue weighted by atomic mass is 35.5. The second-order valence-corrected chi connectivity index (χ2v) is 15.2. The highest BCUT2D eigenvalue weighted by Gasteiger charge is 2.59. The van der Waals surface area contributed by atoms with Crippen molar-refractivity contribution < 1.29 is 28.6 Å². The van der Waals surface area contributed by atoms with Crippen LogP contribution in [-0.2, 0) is 25.1 Å². The van der Waals surface area contributed by atoms with Crippen molar-refractivity contribution in [3.05, 3.63) is 34.9 Å². The Morgan fingerprint density at radius 1 is 1.07 bits per heavy atom. The lowest BCUT2D eigenvalue weighted by Crippen LogP contribution is -2.55. The molecule has 3 aliphatic rings. The quantitative estimate of drug-likeness (QED) is 0.151. The Morgan fingerprint density at radius 2 is 1.76 bits per heavy atom. The number of nitrogens with one attached hydrogen (secondary N) is 2. The maximum absolute atomic E-state index is 13.8. The monoisotopic (exact) mass is 623 g/mol. The van der Waals surface area contributed by atoms with E-state index in [1.54, 1.807) is 29.2 Å². The van der Waals surface area contributed by atoms with Crippen molar-refractivity contribution in [1.82, 2.24) is 15.5 Å². The summed E-state index contributed by atoms with van der Waals surface area (Å²) in [5.41, 5.74) is 0.566. The average molecular weight is 624 g/mol. The molecular formula is C31H47ClN3O6P. The van der Waals surface area contributed by atoms with Crippen molar-refractivity contribution in [3.8, 4) is 0 Å². The standard InChI is InChI=1S/C31H47ClN3O6P/c1-2-3-4-5-6-7-17-26(33-30(38)41-24-14-9-10-15-24)29(37)35-21-12-18-27(35)28(36)34-31(19-20-31)42(39,40)22-23-13-8-11-16-25(23)32/h8,11,13,16,24,26-27H,2-7,9-10,12,14-15,17-22H2,1H3,(H,33,38)(H,34,36)(H,39,40)/t26-,27-/m0/s1. The van der Waals surface area contributed by atoms with Gasteiger partial charge in [0.05, 0.1) is 6.16 Å². The fourth-order valence-electron chi connectivity index (χ4n) is 6.22. The second kappa shape index (κ2) is 15.1. The van der Waals surface area contributed by atoms with E-state index in [1.165, 1.54) is 6.42 Å². The molecule has 1 unspecified atom stereocenters. The molecule has 1 aromatic carbocycles. The first-order valence-electron chi connectivity index (χ1n) is 15.8. The highest BCUT2D eigenvalue weighted by Crippen LogP contribution is 2.67. The summed E-state index contributed by atoms with van der Waals surface area (Å²) in [6.07, 6.45) is 11.6. The van der Waals surface area contributed by atoms with Crippen molar-refractivity contribution >= 4 is 36.9 Å². The number of halogens is 1. The molecular weight excluding hydrogens is 577 g/mol. The molecule has 9 nitrogen and oxygen atoms in total. The van der Waals surface area contributed by atoms with E-state index in [2.05, 4.69) is 17.6 Å². The van der Waals surface area contributed by atoms with Crippen LogP contribution in [0.5, 0.6) is 0 Å². The Hall–Kier alpha value is -2.09. The summed E-state index contributed by atoms with van der Waals surface area (Å²) in [6, 6.07) is 5.39. The predicted molar refractivity (Wildman–Crippen MR) is 163 cm³/mol. The lowest BCUT2D eigenvalue weighted by atomic mass is 10.0. The molecule has 3 atom stereocenters. The smallest absolute Gasteiger partial charge is 0.408 e. The van der Waals surface area contributed by atoms with Crippen LogP contribution in [0.25, 0.3) is 0 Å². The number of unbranched alkanes of at least 4 members (excludes halogenated alkanes) is 5. The zero-order valence-electron chi connectivity index (χ0n) is 24.8. The van der Waals surface area contributed by atoms with Gasteiger partial charge in [-0.3, -0.25) is 14.2 Å². The largest absolute Gasteiger partial charge is 0.446 e.